The van der Waals surface area contributed by atoms with Gasteiger partial charge in [0.05, 0.1) is 33.4 Å². The molecule has 6 nitrogen and oxygen atoms in total. The summed E-state index contributed by atoms with van der Waals surface area (Å²) in [7, 11) is 3.30. The van der Waals surface area contributed by atoms with Crippen LogP contribution >= 0.6 is 0 Å². The maximum atomic E-state index is 9.48. The lowest BCUT2D eigenvalue weighted by Gasteiger charge is -2.21. The number of nitrogens with one attached hydrogen (secondary N) is 2. The van der Waals surface area contributed by atoms with Crippen LogP contribution in [0.3, 0.4) is 0 Å². The van der Waals surface area contributed by atoms with E-state index < -0.39 is 0 Å². The molecule has 0 amide bonds. The third-order valence-corrected chi connectivity index (χ3v) is 4.30. The van der Waals surface area contributed by atoms with Crippen LogP contribution in [0.15, 0.2) is 47.5 Å². The van der Waals surface area contributed by atoms with E-state index in [1.54, 1.807) is 14.2 Å². The minimum Gasteiger partial charge on any atom is -0.497 e. The predicted molar refractivity (Wildman–Crippen MR) is 108 cm³/mol. The molecule has 0 aliphatic carbocycles. The van der Waals surface area contributed by atoms with E-state index in [1.165, 1.54) is 0 Å². The van der Waals surface area contributed by atoms with Crippen molar-refractivity contribution in [3.05, 3.63) is 59.2 Å². The minimum atomic E-state index is -0.0408. The fraction of sp³-hybridized carbons (Fsp3) is 0.381. The molecule has 0 saturated carbocycles. The van der Waals surface area contributed by atoms with Crippen molar-refractivity contribution < 1.29 is 14.6 Å². The first kappa shape index (κ1) is 20.6. The number of rotatable bonds is 8. The van der Waals surface area contributed by atoms with Gasteiger partial charge in [0.1, 0.15) is 11.5 Å². The fourth-order valence-corrected chi connectivity index (χ4v) is 2.81. The van der Waals surface area contributed by atoms with Crippen molar-refractivity contribution in [3.8, 4) is 11.5 Å². The quantitative estimate of drug-likeness (QED) is 0.491. The molecule has 146 valence electrons. The predicted octanol–water partition coefficient (Wildman–Crippen LogP) is 3.01. The topological polar surface area (TPSA) is 75.1 Å². The van der Waals surface area contributed by atoms with Crippen molar-refractivity contribution in [3.63, 3.8) is 0 Å². The van der Waals surface area contributed by atoms with Gasteiger partial charge >= 0.3 is 0 Å². The zero-order chi connectivity index (χ0) is 19.6. The largest absolute Gasteiger partial charge is 0.497 e. The Bertz CT molecular complexity index is 762. The number of methoxy groups -OCH3 is 2. The van der Waals surface area contributed by atoms with Gasteiger partial charge in [-0.3, -0.25) is 0 Å². The van der Waals surface area contributed by atoms with Gasteiger partial charge in [-0.1, -0.05) is 24.3 Å². The molecule has 2 rings (SSSR count). The Hall–Kier alpha value is -2.73. The van der Waals surface area contributed by atoms with Crippen LogP contribution in [0, 0.1) is 0 Å². The lowest BCUT2D eigenvalue weighted by molar-refractivity contribution is 0.280. The minimum absolute atomic E-state index is 0.00702. The number of nitrogens with zero attached hydrogens (tertiary/aromatic N) is 1. The Balaban J connectivity index is 2.20. The molecule has 3 N–H and O–H groups in total. The van der Waals surface area contributed by atoms with Crippen LogP contribution < -0.4 is 20.1 Å². The number of aliphatic imine (C=N–C) groups is 1. The van der Waals surface area contributed by atoms with Crippen LogP contribution in [0.4, 0.5) is 0 Å². The van der Waals surface area contributed by atoms with Crippen LogP contribution in [-0.4, -0.2) is 31.8 Å². The van der Waals surface area contributed by atoms with Crippen LogP contribution in [0.2, 0.25) is 0 Å². The summed E-state index contributed by atoms with van der Waals surface area (Å²) in [6.07, 6.45) is 0. The van der Waals surface area contributed by atoms with Gasteiger partial charge in [0.2, 0.25) is 0 Å². The van der Waals surface area contributed by atoms with E-state index in [0.717, 1.165) is 34.7 Å². The van der Waals surface area contributed by atoms with Crippen molar-refractivity contribution in [2.75, 3.05) is 20.8 Å². The van der Waals surface area contributed by atoms with E-state index in [2.05, 4.69) is 15.6 Å². The standard InChI is InChI=1S/C21H29N3O3/c1-5-22-21(23-13-16-8-6-7-9-17(16)14-25)24-15(2)19-12-18(26-3)10-11-20(19)27-4/h6-12,15,25H,5,13-14H2,1-4H3,(H2,22,23,24). The Morgan fingerprint density at radius 1 is 1.11 bits per heavy atom. The zero-order valence-electron chi connectivity index (χ0n) is 16.5. The highest BCUT2D eigenvalue weighted by molar-refractivity contribution is 5.80. The first-order chi connectivity index (χ1) is 13.1. The molecule has 0 aliphatic rings. The molecule has 0 fully saturated rings. The van der Waals surface area contributed by atoms with E-state index in [4.69, 9.17) is 9.47 Å². The number of aliphatic hydroxyl groups excluding tert-OH is 1. The van der Waals surface area contributed by atoms with Crippen molar-refractivity contribution in [2.24, 2.45) is 4.99 Å². The summed E-state index contributed by atoms with van der Waals surface area (Å²) in [4.78, 5) is 4.67. The smallest absolute Gasteiger partial charge is 0.192 e. The number of aliphatic hydroxyl groups is 1. The van der Waals surface area contributed by atoms with Gasteiger partial charge in [0.25, 0.3) is 0 Å². The molecule has 1 atom stereocenters. The number of guanidine groups is 1. The highest BCUT2D eigenvalue weighted by Gasteiger charge is 2.14. The third kappa shape index (κ3) is 5.62. The molecule has 0 aliphatic heterocycles. The van der Waals surface area contributed by atoms with Gasteiger partial charge in [-0.2, -0.15) is 0 Å². The second-order valence-corrected chi connectivity index (χ2v) is 6.10. The summed E-state index contributed by atoms with van der Waals surface area (Å²) in [5.74, 6) is 2.26. The second-order valence-electron chi connectivity index (χ2n) is 6.10. The number of hydrogen-bond acceptors (Lipinski definition) is 4. The SMILES string of the molecule is CCNC(=NCc1ccccc1CO)NC(C)c1cc(OC)ccc1OC. The summed E-state index contributed by atoms with van der Waals surface area (Å²) in [5, 5.41) is 16.2. The second kappa shape index (κ2) is 10.4. The average molecular weight is 371 g/mol. The van der Waals surface area contributed by atoms with E-state index in [-0.39, 0.29) is 12.6 Å². The lowest BCUT2D eigenvalue weighted by atomic mass is 10.1. The Morgan fingerprint density at radius 2 is 1.85 bits per heavy atom. The molecule has 27 heavy (non-hydrogen) atoms. The van der Waals surface area contributed by atoms with E-state index in [1.807, 2.05) is 56.3 Å². The molecule has 0 heterocycles. The van der Waals surface area contributed by atoms with Gasteiger partial charge in [0.15, 0.2) is 5.96 Å². The van der Waals surface area contributed by atoms with Crippen molar-refractivity contribution in [1.29, 1.82) is 0 Å². The average Bonchev–Trinajstić information content (AvgIpc) is 2.71. The molecule has 0 spiro atoms. The molecule has 0 saturated heterocycles. The molecule has 0 bridgehead atoms. The van der Waals surface area contributed by atoms with E-state index >= 15 is 0 Å². The van der Waals surface area contributed by atoms with Gasteiger partial charge in [-0.05, 0) is 43.2 Å². The van der Waals surface area contributed by atoms with Crippen LogP contribution in [0.1, 0.15) is 36.6 Å². The van der Waals surface area contributed by atoms with E-state index in [9.17, 15) is 5.11 Å². The Morgan fingerprint density at radius 3 is 2.48 bits per heavy atom. The molecule has 2 aromatic carbocycles. The molecule has 2 aromatic rings. The van der Waals surface area contributed by atoms with Crippen molar-refractivity contribution >= 4 is 5.96 Å². The molecule has 0 aromatic heterocycles. The highest BCUT2D eigenvalue weighted by Crippen LogP contribution is 2.29. The Kier molecular flexibility index (Phi) is 7.95. The van der Waals surface area contributed by atoms with Crippen LogP contribution in [0.25, 0.3) is 0 Å². The normalized spacial score (nSPS) is 12.4. The van der Waals surface area contributed by atoms with Gasteiger partial charge in [0, 0.05) is 12.1 Å². The highest BCUT2D eigenvalue weighted by atomic mass is 16.5. The van der Waals surface area contributed by atoms with Gasteiger partial charge < -0.3 is 25.2 Å². The summed E-state index contributed by atoms with van der Waals surface area (Å²) in [6, 6.07) is 13.5. The summed E-state index contributed by atoms with van der Waals surface area (Å²) < 4.78 is 10.8. The molecular formula is C21H29N3O3. The molecule has 0 radical (unpaired) electrons. The molecular weight excluding hydrogens is 342 g/mol. The van der Waals surface area contributed by atoms with Crippen molar-refractivity contribution in [1.82, 2.24) is 10.6 Å². The summed E-state index contributed by atoms with van der Waals surface area (Å²) in [5.41, 5.74) is 2.88. The van der Waals surface area contributed by atoms with Gasteiger partial charge in [-0.25, -0.2) is 4.99 Å². The van der Waals surface area contributed by atoms with Crippen LogP contribution in [-0.2, 0) is 13.2 Å². The maximum Gasteiger partial charge on any atom is 0.192 e. The summed E-state index contributed by atoms with van der Waals surface area (Å²) >= 11 is 0. The van der Waals surface area contributed by atoms with Gasteiger partial charge in [-0.15, -0.1) is 0 Å². The fourth-order valence-electron chi connectivity index (χ4n) is 2.81. The van der Waals surface area contributed by atoms with E-state index in [0.29, 0.717) is 12.5 Å². The third-order valence-electron chi connectivity index (χ3n) is 4.30. The molecule has 6 heteroatoms. The first-order valence-corrected chi connectivity index (χ1v) is 9.07. The molecule has 1 unspecified atom stereocenters. The number of ether oxygens (including phenoxy) is 2. The first-order valence-electron chi connectivity index (χ1n) is 9.07. The number of hydrogen-bond donors (Lipinski definition) is 3. The lowest BCUT2D eigenvalue weighted by Crippen LogP contribution is -2.38. The zero-order valence-corrected chi connectivity index (χ0v) is 16.5. The Labute approximate surface area is 161 Å². The number of benzene rings is 2. The van der Waals surface area contributed by atoms with Crippen molar-refractivity contribution in [2.45, 2.75) is 33.0 Å². The maximum absolute atomic E-state index is 9.48. The monoisotopic (exact) mass is 371 g/mol. The summed E-state index contributed by atoms with van der Waals surface area (Å²) in [6.45, 7) is 5.30. The van der Waals surface area contributed by atoms with Crippen LogP contribution in [0.5, 0.6) is 11.5 Å².